The molecule has 12 heavy (non-hydrogen) atoms. The summed E-state index contributed by atoms with van der Waals surface area (Å²) in [6.07, 6.45) is 0. The summed E-state index contributed by atoms with van der Waals surface area (Å²) in [5.41, 5.74) is 0. The summed E-state index contributed by atoms with van der Waals surface area (Å²) in [4.78, 5) is 0. The molecule has 0 heterocycles. The molecular weight excluding hydrogens is 582 g/mol. The van der Waals surface area contributed by atoms with Crippen LogP contribution in [0.4, 0.5) is 0 Å². The molecule has 0 radical (unpaired) electrons. The number of halogens is 9. The van der Waals surface area contributed by atoms with Crippen molar-refractivity contribution < 1.29 is 142 Å². The van der Waals surface area contributed by atoms with Gasteiger partial charge in [-0.25, -0.2) is 0 Å². The minimum Gasteiger partial charge on any atom is -1.00 e. The van der Waals surface area contributed by atoms with E-state index < -0.39 is 0 Å². The fourth-order valence-corrected chi connectivity index (χ4v) is 0. The van der Waals surface area contributed by atoms with Crippen molar-refractivity contribution in [3.8, 4) is 0 Å². The summed E-state index contributed by atoms with van der Waals surface area (Å²) in [5.74, 6) is 0. The molecule has 0 aromatic rings. The van der Waals surface area contributed by atoms with Gasteiger partial charge in [0.2, 0.25) is 0 Å². The van der Waals surface area contributed by atoms with Gasteiger partial charge in [0.05, 0.1) is 0 Å². The molecule has 0 bridgehead atoms. The van der Waals surface area contributed by atoms with Crippen molar-refractivity contribution >= 4 is 37.7 Å². The summed E-state index contributed by atoms with van der Waals surface area (Å²) in [6.45, 7) is 0. The molecule has 0 nitrogen and oxygen atoms in total. The number of rotatable bonds is 0. The molecule has 0 rings (SSSR count). The minimum absolute atomic E-state index is 0. The zero-order valence-electron chi connectivity index (χ0n) is 5.61. The number of hydrogen-bond donors (Lipinski definition) is 0. The van der Waals surface area contributed by atoms with Gasteiger partial charge in [-0.15, -0.1) is 0 Å². The Labute approximate surface area is 175 Å². The van der Waals surface area contributed by atoms with Crippen LogP contribution in [0.15, 0.2) is 0 Å². The van der Waals surface area contributed by atoms with Crippen LogP contribution in [0.25, 0.3) is 0 Å². The Hall–Kier alpha value is 3.73. The van der Waals surface area contributed by atoms with Crippen molar-refractivity contribution in [2.45, 2.75) is 0 Å². The molecule has 0 aromatic carbocycles. The largest absolute Gasteiger partial charge is 2.00 e. The maximum atomic E-state index is 0. The Morgan fingerprint density at radius 2 is 0.333 bits per heavy atom. The van der Waals surface area contributed by atoms with Crippen LogP contribution in [0.5, 0.6) is 0 Å². The molecule has 0 aliphatic heterocycles. The molecule has 0 unspecified atom stereocenters. The van der Waals surface area contributed by atoms with Crippen molar-refractivity contribution in [1.29, 1.82) is 0 Å². The van der Waals surface area contributed by atoms with Gasteiger partial charge in [0, 0.05) is 31.1 Å². The van der Waals surface area contributed by atoms with E-state index in [-0.39, 0.29) is 180 Å². The van der Waals surface area contributed by atoms with E-state index in [1.54, 1.807) is 0 Å². The van der Waals surface area contributed by atoms with E-state index in [1.807, 2.05) is 0 Å². The van der Waals surface area contributed by atoms with E-state index in [0.717, 1.165) is 0 Å². The fourth-order valence-electron chi connectivity index (χ4n) is 0. The first-order valence-corrected chi connectivity index (χ1v) is 0. The first-order valence-electron chi connectivity index (χ1n) is 0. The maximum Gasteiger partial charge on any atom is 2.00 e. The molecular formula is CaCsF9U-6. The first kappa shape index (κ1) is 245. The molecule has 0 saturated heterocycles. The van der Waals surface area contributed by atoms with E-state index in [9.17, 15) is 0 Å². The predicted octanol–water partition coefficient (Wildman–Crippen LogP) is -30.3. The van der Waals surface area contributed by atoms with Crippen LogP contribution in [-0.4, -0.2) is 37.7 Å². The molecule has 0 fully saturated rings. The summed E-state index contributed by atoms with van der Waals surface area (Å²) < 4.78 is 0. The average molecular weight is 582 g/mol. The molecule has 0 spiro atoms. The molecule has 0 N–H and O–H groups in total. The van der Waals surface area contributed by atoms with Crippen LogP contribution in [0.1, 0.15) is 0 Å². The van der Waals surface area contributed by atoms with Crippen LogP contribution < -0.4 is 111 Å². The monoisotopic (exact) mass is 582 g/mol. The van der Waals surface area contributed by atoms with Gasteiger partial charge >= 0.3 is 107 Å². The fraction of sp³-hybridized carbons (Fsp3) is 0. The molecule has 0 saturated carbocycles. The van der Waals surface area contributed by atoms with Crippen molar-refractivity contribution in [1.82, 2.24) is 0 Å². The summed E-state index contributed by atoms with van der Waals surface area (Å²) in [7, 11) is 0. The minimum atomic E-state index is 0. The first-order chi connectivity index (χ1) is 0. The third kappa shape index (κ3) is 160. The Kier molecular flexibility index (Phi) is 4070. The normalized spacial score (nSPS) is 0. The average Bonchev–Trinajstić information content (AvgIpc) is 0. The second-order valence-corrected chi connectivity index (χ2v) is 0. The Morgan fingerprint density at radius 3 is 0.333 bits per heavy atom. The van der Waals surface area contributed by atoms with Crippen molar-refractivity contribution in [3.05, 3.63) is 0 Å². The smallest absolute Gasteiger partial charge is 1.00 e. The third-order valence-electron chi connectivity index (χ3n) is 0. The SMILES string of the molecule is [Ca+2].[Cs+].[F-].[F-].[F-].[F-].[F-].[F-].[F-].[F-].[F-].[U]. The zero-order chi connectivity index (χ0) is 0. The van der Waals surface area contributed by atoms with Gasteiger partial charge in [0.15, 0.2) is 0 Å². The van der Waals surface area contributed by atoms with Crippen LogP contribution in [0, 0.1) is 31.1 Å². The molecule has 0 atom stereocenters. The number of hydrogen-bond acceptors (Lipinski definition) is 0. The third-order valence-corrected chi connectivity index (χ3v) is 0. The van der Waals surface area contributed by atoms with Gasteiger partial charge in [-0.3, -0.25) is 0 Å². The van der Waals surface area contributed by atoms with Gasteiger partial charge in [-0.2, -0.15) is 0 Å². The van der Waals surface area contributed by atoms with Crippen molar-refractivity contribution in [3.63, 3.8) is 0 Å². The van der Waals surface area contributed by atoms with Gasteiger partial charge in [-0.1, -0.05) is 0 Å². The van der Waals surface area contributed by atoms with Gasteiger partial charge in [0.1, 0.15) is 0 Å². The second-order valence-electron chi connectivity index (χ2n) is 0. The van der Waals surface area contributed by atoms with Crippen LogP contribution in [0.2, 0.25) is 0 Å². The van der Waals surface area contributed by atoms with E-state index in [2.05, 4.69) is 0 Å². The van der Waals surface area contributed by atoms with Crippen LogP contribution in [-0.2, 0) is 0 Å². The molecule has 12 heteroatoms. The molecule has 0 aliphatic rings. The van der Waals surface area contributed by atoms with Crippen LogP contribution >= 0.6 is 0 Å². The second kappa shape index (κ2) is 199. The summed E-state index contributed by atoms with van der Waals surface area (Å²) in [5, 5.41) is 0. The van der Waals surface area contributed by atoms with E-state index >= 15 is 0 Å². The van der Waals surface area contributed by atoms with E-state index in [4.69, 9.17) is 0 Å². The standard InChI is InChI=1S/Ca.Cs.9FH.U/h;;9*1H;/q+2;+1;;;;;;;;;;/p-9. The summed E-state index contributed by atoms with van der Waals surface area (Å²) in [6, 6.07) is 0. The summed E-state index contributed by atoms with van der Waals surface area (Å²) >= 11 is 0. The van der Waals surface area contributed by atoms with Crippen LogP contribution in [0.3, 0.4) is 0 Å². The molecule has 0 aromatic heterocycles. The molecule has 0 aliphatic carbocycles. The molecule has 0 amide bonds. The predicted molar refractivity (Wildman–Crippen MR) is 5.75 cm³/mol. The molecule has 76 valence electrons. The van der Waals surface area contributed by atoms with Gasteiger partial charge in [-0.05, 0) is 0 Å². The van der Waals surface area contributed by atoms with Gasteiger partial charge in [0.25, 0.3) is 0 Å². The van der Waals surface area contributed by atoms with Crippen molar-refractivity contribution in [2.75, 3.05) is 0 Å². The van der Waals surface area contributed by atoms with Crippen molar-refractivity contribution in [2.24, 2.45) is 0 Å². The Balaban J connectivity index is 0. The van der Waals surface area contributed by atoms with Gasteiger partial charge < -0.3 is 42.3 Å². The topological polar surface area (TPSA) is 0 Å². The Bertz CT molecular complexity index is 14.5. The quantitative estimate of drug-likeness (QED) is 0.197. The zero-order valence-corrected chi connectivity index (χ0v) is 18.3. The maximum absolute atomic E-state index is 0. The van der Waals surface area contributed by atoms with E-state index in [1.165, 1.54) is 0 Å². The Morgan fingerprint density at radius 1 is 0.333 bits per heavy atom. The van der Waals surface area contributed by atoms with E-state index in [0.29, 0.717) is 0 Å².